The van der Waals surface area contributed by atoms with Gasteiger partial charge in [-0.3, -0.25) is 9.59 Å². The number of aryl methyl sites for hydroxylation is 1. The van der Waals surface area contributed by atoms with E-state index in [1.54, 1.807) is 4.90 Å². The number of benzene rings is 1. The van der Waals surface area contributed by atoms with Crippen LogP contribution in [0.15, 0.2) is 24.3 Å². The highest BCUT2D eigenvalue weighted by Gasteiger charge is 2.28. The molecular formula is C19H28N4O3. The molecule has 1 aromatic carbocycles. The fraction of sp³-hybridized carbons (Fsp3) is 0.526. The molecule has 4 amide bonds. The lowest BCUT2D eigenvalue weighted by molar-refractivity contribution is -0.129. The Morgan fingerprint density at radius 1 is 1.23 bits per heavy atom. The van der Waals surface area contributed by atoms with Gasteiger partial charge in [0, 0.05) is 25.3 Å². The Kier molecular flexibility index (Phi) is 7.44. The number of likely N-dealkylation sites (tertiary alicyclic amines) is 1. The summed E-state index contributed by atoms with van der Waals surface area (Å²) in [6.07, 6.45) is 2.34. The van der Waals surface area contributed by atoms with Crippen LogP contribution in [0.25, 0.3) is 0 Å². The Hall–Kier alpha value is -2.57. The number of hydrogen-bond acceptors (Lipinski definition) is 3. The summed E-state index contributed by atoms with van der Waals surface area (Å²) < 4.78 is 0. The van der Waals surface area contributed by atoms with Gasteiger partial charge in [0.15, 0.2) is 0 Å². The smallest absolute Gasteiger partial charge is 0.321 e. The van der Waals surface area contributed by atoms with Crippen LogP contribution < -0.4 is 16.0 Å². The van der Waals surface area contributed by atoms with Crippen LogP contribution in [0.2, 0.25) is 0 Å². The van der Waals surface area contributed by atoms with Crippen LogP contribution in [0.4, 0.5) is 10.5 Å². The SMILES string of the molecule is CCCNC(=O)CNC(=O)[C@@H]1CCCN(C(=O)Nc2cccc(C)c2)C1. The first-order chi connectivity index (χ1) is 12.5. The van der Waals surface area contributed by atoms with Gasteiger partial charge < -0.3 is 20.9 Å². The Labute approximate surface area is 154 Å². The highest BCUT2D eigenvalue weighted by Crippen LogP contribution is 2.18. The molecule has 7 heteroatoms. The first-order valence-electron chi connectivity index (χ1n) is 9.16. The maximum Gasteiger partial charge on any atom is 0.321 e. The molecule has 0 spiro atoms. The van der Waals surface area contributed by atoms with Crippen LogP contribution in [0, 0.1) is 12.8 Å². The van der Waals surface area contributed by atoms with Crippen LogP contribution in [-0.4, -0.2) is 48.9 Å². The van der Waals surface area contributed by atoms with Crippen molar-refractivity contribution in [1.82, 2.24) is 15.5 Å². The number of hydrogen-bond donors (Lipinski definition) is 3. The van der Waals surface area contributed by atoms with Gasteiger partial charge in [0.25, 0.3) is 0 Å². The number of nitrogens with one attached hydrogen (secondary N) is 3. The number of carbonyl (C=O) groups excluding carboxylic acids is 3. The zero-order valence-corrected chi connectivity index (χ0v) is 15.5. The molecule has 1 saturated heterocycles. The summed E-state index contributed by atoms with van der Waals surface area (Å²) in [5.74, 6) is -0.652. The minimum absolute atomic E-state index is 0.0230. The van der Waals surface area contributed by atoms with Gasteiger partial charge in [-0.2, -0.15) is 0 Å². The van der Waals surface area contributed by atoms with Crippen molar-refractivity contribution in [2.45, 2.75) is 33.1 Å². The molecule has 1 aromatic rings. The fourth-order valence-corrected chi connectivity index (χ4v) is 2.94. The summed E-state index contributed by atoms with van der Waals surface area (Å²) in [5.41, 5.74) is 1.81. The maximum absolute atomic E-state index is 12.5. The lowest BCUT2D eigenvalue weighted by atomic mass is 9.97. The summed E-state index contributed by atoms with van der Waals surface area (Å²) >= 11 is 0. The lowest BCUT2D eigenvalue weighted by Gasteiger charge is -2.32. The molecule has 1 fully saturated rings. The summed E-state index contributed by atoms with van der Waals surface area (Å²) in [6, 6.07) is 7.40. The summed E-state index contributed by atoms with van der Waals surface area (Å²) in [7, 11) is 0. The third-order valence-electron chi connectivity index (χ3n) is 4.34. The Morgan fingerprint density at radius 2 is 2.04 bits per heavy atom. The molecule has 0 aromatic heterocycles. The number of anilines is 1. The number of urea groups is 1. The first-order valence-corrected chi connectivity index (χ1v) is 9.16. The zero-order chi connectivity index (χ0) is 18.9. The van der Waals surface area contributed by atoms with E-state index >= 15 is 0 Å². The molecule has 0 saturated carbocycles. The molecule has 1 heterocycles. The molecule has 0 radical (unpaired) electrons. The molecular weight excluding hydrogens is 332 g/mol. The average Bonchev–Trinajstić information content (AvgIpc) is 2.64. The van der Waals surface area contributed by atoms with E-state index in [1.165, 1.54) is 0 Å². The lowest BCUT2D eigenvalue weighted by Crippen LogP contribution is -2.48. The van der Waals surface area contributed by atoms with Crippen LogP contribution in [0.1, 0.15) is 31.7 Å². The number of carbonyl (C=O) groups is 3. The summed E-state index contributed by atoms with van der Waals surface area (Å²) in [6.45, 7) is 5.50. The van der Waals surface area contributed by atoms with Crippen molar-refractivity contribution in [1.29, 1.82) is 0 Å². The van der Waals surface area contributed by atoms with Gasteiger partial charge in [-0.15, -0.1) is 0 Å². The molecule has 1 aliphatic rings. The van der Waals surface area contributed by atoms with Crippen molar-refractivity contribution in [3.05, 3.63) is 29.8 Å². The average molecular weight is 360 g/mol. The standard InChI is InChI=1S/C19H28N4O3/c1-3-9-20-17(24)12-21-18(25)15-7-5-10-23(13-15)19(26)22-16-8-4-6-14(2)11-16/h4,6,8,11,15H,3,5,7,9-10,12-13H2,1-2H3,(H,20,24)(H,21,25)(H,22,26)/t15-/m1/s1. The van der Waals surface area contributed by atoms with Crippen molar-refractivity contribution >= 4 is 23.5 Å². The van der Waals surface area contributed by atoms with Gasteiger partial charge >= 0.3 is 6.03 Å². The predicted octanol–water partition coefficient (Wildman–Crippen LogP) is 1.88. The van der Waals surface area contributed by atoms with Crippen LogP contribution in [0.5, 0.6) is 0 Å². The fourth-order valence-electron chi connectivity index (χ4n) is 2.94. The van der Waals surface area contributed by atoms with E-state index in [2.05, 4.69) is 16.0 Å². The van der Waals surface area contributed by atoms with Gasteiger partial charge in [-0.25, -0.2) is 4.79 Å². The van der Waals surface area contributed by atoms with Gasteiger partial charge in [0.2, 0.25) is 11.8 Å². The van der Waals surface area contributed by atoms with Crippen molar-refractivity contribution in [2.75, 3.05) is 31.5 Å². The molecule has 0 unspecified atom stereocenters. The van der Waals surface area contributed by atoms with Crippen LogP contribution >= 0.6 is 0 Å². The number of nitrogens with zero attached hydrogens (tertiary/aromatic N) is 1. The highest BCUT2D eigenvalue weighted by atomic mass is 16.2. The number of rotatable bonds is 6. The van der Waals surface area contributed by atoms with E-state index in [-0.39, 0.29) is 30.3 Å². The van der Waals surface area contributed by atoms with E-state index in [4.69, 9.17) is 0 Å². The highest BCUT2D eigenvalue weighted by molar-refractivity contribution is 5.90. The van der Waals surface area contributed by atoms with Crippen molar-refractivity contribution in [3.8, 4) is 0 Å². The normalized spacial score (nSPS) is 16.7. The monoisotopic (exact) mass is 360 g/mol. The van der Waals surface area contributed by atoms with Crippen LogP contribution in [-0.2, 0) is 9.59 Å². The second-order valence-corrected chi connectivity index (χ2v) is 6.65. The molecule has 2 rings (SSSR count). The maximum atomic E-state index is 12.5. The second kappa shape index (κ2) is 9.79. The van der Waals surface area contributed by atoms with Gasteiger partial charge in [-0.05, 0) is 43.9 Å². The van der Waals surface area contributed by atoms with Crippen molar-refractivity contribution in [2.24, 2.45) is 5.92 Å². The molecule has 142 valence electrons. The van der Waals surface area contributed by atoms with Gasteiger partial charge in [0.05, 0.1) is 12.5 Å². The topological polar surface area (TPSA) is 90.5 Å². The molecule has 1 atom stereocenters. The van der Waals surface area contributed by atoms with Gasteiger partial charge in [0.1, 0.15) is 0 Å². The first kappa shape index (κ1) is 19.8. The molecule has 7 nitrogen and oxygen atoms in total. The number of amides is 4. The second-order valence-electron chi connectivity index (χ2n) is 6.65. The van der Waals surface area contributed by atoms with E-state index in [0.29, 0.717) is 19.6 Å². The summed E-state index contributed by atoms with van der Waals surface area (Å²) in [5, 5.41) is 8.27. The minimum atomic E-state index is -0.286. The number of piperidine rings is 1. The molecule has 3 N–H and O–H groups in total. The van der Waals surface area contributed by atoms with Crippen molar-refractivity contribution < 1.29 is 14.4 Å². The minimum Gasteiger partial charge on any atom is -0.355 e. The molecule has 1 aliphatic heterocycles. The molecule has 0 bridgehead atoms. The quantitative estimate of drug-likeness (QED) is 0.723. The van der Waals surface area contributed by atoms with Gasteiger partial charge in [-0.1, -0.05) is 19.1 Å². The Balaban J connectivity index is 1.82. The third kappa shape index (κ3) is 6.06. The van der Waals surface area contributed by atoms with E-state index in [0.717, 1.165) is 30.5 Å². The molecule has 26 heavy (non-hydrogen) atoms. The summed E-state index contributed by atoms with van der Waals surface area (Å²) in [4.78, 5) is 38.0. The molecule has 0 aliphatic carbocycles. The van der Waals surface area contributed by atoms with E-state index in [1.807, 2.05) is 38.1 Å². The van der Waals surface area contributed by atoms with Crippen LogP contribution in [0.3, 0.4) is 0 Å². The zero-order valence-electron chi connectivity index (χ0n) is 15.5. The Bertz CT molecular complexity index is 647. The van der Waals surface area contributed by atoms with E-state index < -0.39 is 0 Å². The Morgan fingerprint density at radius 3 is 2.77 bits per heavy atom. The largest absolute Gasteiger partial charge is 0.355 e. The predicted molar refractivity (Wildman–Crippen MR) is 101 cm³/mol. The van der Waals surface area contributed by atoms with E-state index in [9.17, 15) is 14.4 Å². The third-order valence-corrected chi connectivity index (χ3v) is 4.34. The van der Waals surface area contributed by atoms with Crippen molar-refractivity contribution in [3.63, 3.8) is 0 Å².